The third-order valence-electron chi connectivity index (χ3n) is 3.44. The van der Waals surface area contributed by atoms with Crippen molar-refractivity contribution in [2.45, 2.75) is 6.54 Å². The van der Waals surface area contributed by atoms with Gasteiger partial charge in [-0.1, -0.05) is 33.3 Å². The number of thiazole rings is 1. The predicted molar refractivity (Wildman–Crippen MR) is 101 cm³/mol. The molecule has 120 valence electrons. The first-order valence-electron chi connectivity index (χ1n) is 7.14. The Hall–Kier alpha value is -1.96. The molecular weight excluding hydrogens is 408 g/mol. The number of aromatic nitrogens is 1. The van der Waals surface area contributed by atoms with Gasteiger partial charge in [0.05, 0.1) is 27.9 Å². The topological polar surface area (TPSA) is 46.3 Å². The molecule has 0 fully saturated rings. The molecule has 0 aliphatic rings. The molecule has 3 heterocycles. The zero-order valence-corrected chi connectivity index (χ0v) is 15.5. The smallest absolute Gasteiger partial charge is 0.270 e. The number of fused-ring (bicyclic) bond motifs is 1. The van der Waals surface area contributed by atoms with Gasteiger partial charge in [-0.15, -0.1) is 11.3 Å². The molecule has 0 aliphatic carbocycles. The minimum Gasteiger partial charge on any atom is -0.467 e. The van der Waals surface area contributed by atoms with Crippen LogP contribution in [0.4, 0.5) is 5.13 Å². The Balaban J connectivity index is 1.76. The van der Waals surface area contributed by atoms with Gasteiger partial charge in [0, 0.05) is 4.47 Å². The number of benzene rings is 1. The molecule has 1 aromatic carbocycles. The first-order valence-corrected chi connectivity index (χ1v) is 9.63. The Morgan fingerprint density at radius 3 is 2.92 bits per heavy atom. The highest BCUT2D eigenvalue weighted by Crippen LogP contribution is 2.33. The second kappa shape index (κ2) is 6.51. The summed E-state index contributed by atoms with van der Waals surface area (Å²) in [5.74, 6) is 0.653. The second-order valence-corrected chi connectivity index (χ2v) is 7.93. The molecule has 1 amide bonds. The SMILES string of the molecule is O=C(c1cccs1)N(Cc1ccco1)c1nc2ccc(Br)cc2s1. The fourth-order valence-electron chi connectivity index (χ4n) is 2.32. The van der Waals surface area contributed by atoms with Crippen LogP contribution in [-0.2, 0) is 6.54 Å². The number of rotatable bonds is 4. The van der Waals surface area contributed by atoms with Crippen LogP contribution in [0.15, 0.2) is 63.0 Å². The summed E-state index contributed by atoms with van der Waals surface area (Å²) in [6.07, 6.45) is 1.61. The van der Waals surface area contributed by atoms with Crippen LogP contribution in [0.5, 0.6) is 0 Å². The first-order chi connectivity index (χ1) is 11.7. The molecule has 0 spiro atoms. The average Bonchev–Trinajstić information content (AvgIpc) is 3.31. The maximum atomic E-state index is 12.9. The maximum absolute atomic E-state index is 12.9. The van der Waals surface area contributed by atoms with Crippen molar-refractivity contribution in [3.63, 3.8) is 0 Å². The number of hydrogen-bond donors (Lipinski definition) is 0. The Kier molecular flexibility index (Phi) is 4.22. The molecule has 24 heavy (non-hydrogen) atoms. The van der Waals surface area contributed by atoms with Gasteiger partial charge in [0.1, 0.15) is 5.76 Å². The Labute approximate surface area is 154 Å². The van der Waals surface area contributed by atoms with E-state index < -0.39 is 0 Å². The molecule has 0 saturated carbocycles. The fraction of sp³-hybridized carbons (Fsp3) is 0.0588. The van der Waals surface area contributed by atoms with E-state index in [1.807, 2.05) is 47.8 Å². The Morgan fingerprint density at radius 2 is 2.17 bits per heavy atom. The van der Waals surface area contributed by atoms with E-state index in [2.05, 4.69) is 20.9 Å². The lowest BCUT2D eigenvalue weighted by molar-refractivity contribution is 0.0987. The molecular formula is C17H11BrN2O2S2. The van der Waals surface area contributed by atoms with Gasteiger partial charge in [-0.2, -0.15) is 0 Å². The molecule has 3 aromatic heterocycles. The van der Waals surface area contributed by atoms with Crippen LogP contribution >= 0.6 is 38.6 Å². The minimum atomic E-state index is -0.0699. The van der Waals surface area contributed by atoms with Crippen LogP contribution < -0.4 is 4.90 Å². The van der Waals surface area contributed by atoms with Crippen molar-refractivity contribution >= 4 is 59.9 Å². The van der Waals surface area contributed by atoms with Crippen LogP contribution in [0, 0.1) is 0 Å². The third kappa shape index (κ3) is 3.02. The maximum Gasteiger partial charge on any atom is 0.270 e. The van der Waals surface area contributed by atoms with Gasteiger partial charge in [-0.3, -0.25) is 9.69 Å². The number of amides is 1. The van der Waals surface area contributed by atoms with Crippen molar-refractivity contribution in [2.75, 3.05) is 4.90 Å². The van der Waals surface area contributed by atoms with Crippen LogP contribution in [0.25, 0.3) is 10.2 Å². The summed E-state index contributed by atoms with van der Waals surface area (Å²) in [5, 5.41) is 2.56. The van der Waals surface area contributed by atoms with E-state index >= 15 is 0 Å². The molecule has 0 bridgehead atoms. The van der Waals surface area contributed by atoms with E-state index in [0.29, 0.717) is 16.6 Å². The minimum absolute atomic E-state index is 0.0699. The number of furan rings is 1. The lowest BCUT2D eigenvalue weighted by Crippen LogP contribution is -2.29. The summed E-state index contributed by atoms with van der Waals surface area (Å²) < 4.78 is 7.45. The van der Waals surface area contributed by atoms with Crippen LogP contribution in [0.2, 0.25) is 0 Å². The van der Waals surface area contributed by atoms with Gasteiger partial charge in [0.15, 0.2) is 5.13 Å². The van der Waals surface area contributed by atoms with Gasteiger partial charge in [0.2, 0.25) is 0 Å². The number of hydrogen-bond acceptors (Lipinski definition) is 5. The summed E-state index contributed by atoms with van der Waals surface area (Å²) in [5.41, 5.74) is 0.877. The Morgan fingerprint density at radius 1 is 1.25 bits per heavy atom. The summed E-state index contributed by atoms with van der Waals surface area (Å²) in [6.45, 7) is 0.352. The van der Waals surface area contributed by atoms with Gasteiger partial charge < -0.3 is 4.42 Å². The Bertz CT molecular complexity index is 978. The van der Waals surface area contributed by atoms with E-state index in [0.717, 1.165) is 20.4 Å². The average molecular weight is 419 g/mol. The van der Waals surface area contributed by atoms with Gasteiger partial charge in [0.25, 0.3) is 5.91 Å². The van der Waals surface area contributed by atoms with Gasteiger partial charge in [-0.05, 0) is 41.8 Å². The normalized spacial score (nSPS) is 11.0. The highest BCUT2D eigenvalue weighted by Gasteiger charge is 2.23. The molecule has 4 rings (SSSR count). The lowest BCUT2D eigenvalue weighted by Gasteiger charge is -2.17. The van der Waals surface area contributed by atoms with Gasteiger partial charge in [-0.25, -0.2) is 4.98 Å². The van der Waals surface area contributed by atoms with Crippen LogP contribution in [0.1, 0.15) is 15.4 Å². The lowest BCUT2D eigenvalue weighted by atomic mass is 10.3. The number of anilines is 1. The highest BCUT2D eigenvalue weighted by atomic mass is 79.9. The summed E-state index contributed by atoms with van der Waals surface area (Å²) in [4.78, 5) is 19.9. The fourth-order valence-corrected chi connectivity index (χ4v) is 4.51. The summed E-state index contributed by atoms with van der Waals surface area (Å²) in [7, 11) is 0. The molecule has 4 aromatic rings. The van der Waals surface area contributed by atoms with Crippen LogP contribution in [-0.4, -0.2) is 10.9 Å². The molecule has 7 heteroatoms. The van der Waals surface area contributed by atoms with Crippen molar-refractivity contribution in [3.8, 4) is 0 Å². The van der Waals surface area contributed by atoms with Crippen molar-refractivity contribution < 1.29 is 9.21 Å². The zero-order valence-electron chi connectivity index (χ0n) is 12.3. The number of carbonyl (C=O) groups excluding carboxylic acids is 1. The molecule has 0 N–H and O–H groups in total. The largest absolute Gasteiger partial charge is 0.467 e. The zero-order chi connectivity index (χ0) is 16.5. The molecule has 0 radical (unpaired) electrons. The summed E-state index contributed by atoms with van der Waals surface area (Å²) in [6, 6.07) is 13.3. The number of halogens is 1. The first kappa shape index (κ1) is 15.6. The van der Waals surface area contributed by atoms with Crippen LogP contribution in [0.3, 0.4) is 0 Å². The number of carbonyl (C=O) groups is 1. The predicted octanol–water partition coefficient (Wildman–Crippen LogP) is 5.56. The second-order valence-electron chi connectivity index (χ2n) is 5.06. The van der Waals surface area contributed by atoms with E-state index in [1.54, 1.807) is 11.2 Å². The van der Waals surface area contributed by atoms with E-state index in [9.17, 15) is 4.79 Å². The van der Waals surface area contributed by atoms with E-state index in [4.69, 9.17) is 4.42 Å². The molecule has 0 unspecified atom stereocenters. The summed E-state index contributed by atoms with van der Waals surface area (Å²) >= 11 is 6.39. The number of thiophene rings is 1. The van der Waals surface area contributed by atoms with Crippen molar-refractivity contribution in [3.05, 3.63) is 69.2 Å². The molecule has 0 aliphatic heterocycles. The van der Waals surface area contributed by atoms with E-state index in [1.165, 1.54) is 22.7 Å². The highest BCUT2D eigenvalue weighted by molar-refractivity contribution is 9.10. The molecule has 0 saturated heterocycles. The standard InChI is InChI=1S/C17H11BrN2O2S2/c18-11-5-6-13-15(9-11)24-17(19-13)20(10-12-3-1-7-22-12)16(21)14-4-2-8-23-14/h1-9H,10H2. The number of nitrogens with zero attached hydrogens (tertiary/aromatic N) is 2. The third-order valence-corrected chi connectivity index (χ3v) is 5.83. The molecule has 4 nitrogen and oxygen atoms in total. The van der Waals surface area contributed by atoms with Gasteiger partial charge >= 0.3 is 0 Å². The van der Waals surface area contributed by atoms with Crippen molar-refractivity contribution in [1.29, 1.82) is 0 Å². The quantitative estimate of drug-likeness (QED) is 0.435. The van der Waals surface area contributed by atoms with Crippen molar-refractivity contribution in [1.82, 2.24) is 4.98 Å². The van der Waals surface area contributed by atoms with E-state index in [-0.39, 0.29) is 5.91 Å². The monoisotopic (exact) mass is 418 g/mol. The molecule has 0 atom stereocenters. The van der Waals surface area contributed by atoms with Crippen molar-refractivity contribution in [2.24, 2.45) is 0 Å².